The number of carboxylic acid groups (broad SMARTS) is 2. The quantitative estimate of drug-likeness (QED) is 0.387. The molecular formula is C22H27F6N3O7. The van der Waals surface area contributed by atoms with Gasteiger partial charge in [0.15, 0.2) is 0 Å². The molecule has 3 atom stereocenters. The van der Waals surface area contributed by atoms with Gasteiger partial charge in [0.2, 0.25) is 0 Å². The van der Waals surface area contributed by atoms with E-state index in [9.17, 15) is 26.3 Å². The first-order valence-electron chi connectivity index (χ1n) is 11.4. The first kappa shape index (κ1) is 31.1. The van der Waals surface area contributed by atoms with Crippen LogP contribution in [0.5, 0.6) is 0 Å². The second kappa shape index (κ2) is 14.2. The lowest BCUT2D eigenvalue weighted by Crippen LogP contribution is -2.51. The lowest BCUT2D eigenvalue weighted by atomic mass is 10.1. The summed E-state index contributed by atoms with van der Waals surface area (Å²) in [7, 11) is 0. The zero-order valence-corrected chi connectivity index (χ0v) is 19.9. The molecule has 0 bridgehead atoms. The highest BCUT2D eigenvalue weighted by atomic mass is 19.4. The number of aromatic nitrogens is 2. The van der Waals surface area contributed by atoms with Crippen molar-refractivity contribution in [1.82, 2.24) is 14.7 Å². The highest BCUT2D eigenvalue weighted by Gasteiger charge is 2.43. The smallest absolute Gasteiger partial charge is 0.475 e. The summed E-state index contributed by atoms with van der Waals surface area (Å²) in [6, 6.07) is 6.39. The van der Waals surface area contributed by atoms with E-state index < -0.39 is 24.3 Å². The van der Waals surface area contributed by atoms with Crippen LogP contribution in [0.3, 0.4) is 0 Å². The number of ether oxygens (including phenoxy) is 2. The fraction of sp³-hybridized carbons (Fsp3) is 0.591. The molecule has 0 amide bonds. The van der Waals surface area contributed by atoms with Gasteiger partial charge in [-0.2, -0.15) is 31.4 Å². The van der Waals surface area contributed by atoms with Crippen molar-refractivity contribution in [3.8, 4) is 0 Å². The standard InChI is InChI=1S/C18H25N3O3.2C2HF3O2/c1-4-15(22-11-1)14-20-10-13-24-18-16(20)5-6-17(18)23-12-3-9-21-8-2-7-19-21;2*3-2(4,5)1(6)7/h1-2,4,7-8,11,16-18H,3,5-6,9-10,12-14H2;2*(H,6,7)/t16-,17+,18+;;/m0../s1. The van der Waals surface area contributed by atoms with E-state index in [0.29, 0.717) is 6.04 Å². The summed E-state index contributed by atoms with van der Waals surface area (Å²) in [5, 5.41) is 18.5. The third kappa shape index (κ3) is 10.3. The molecule has 0 aromatic carbocycles. The maximum atomic E-state index is 10.6. The van der Waals surface area contributed by atoms with Crippen LogP contribution < -0.4 is 0 Å². The molecule has 2 N–H and O–H groups in total. The van der Waals surface area contributed by atoms with E-state index in [1.165, 1.54) is 0 Å². The van der Waals surface area contributed by atoms with Crippen LogP contribution in [0.4, 0.5) is 26.3 Å². The lowest BCUT2D eigenvalue weighted by molar-refractivity contribution is -0.193. The summed E-state index contributed by atoms with van der Waals surface area (Å²) in [4.78, 5) is 20.3. The Labute approximate surface area is 212 Å². The van der Waals surface area contributed by atoms with E-state index in [1.807, 2.05) is 35.3 Å². The number of rotatable bonds is 7. The Hall–Kier alpha value is -3.11. The van der Waals surface area contributed by atoms with Crippen LogP contribution in [0.25, 0.3) is 0 Å². The largest absolute Gasteiger partial charge is 0.490 e. The second-order valence-corrected chi connectivity index (χ2v) is 8.17. The number of hydrogen-bond donors (Lipinski definition) is 2. The van der Waals surface area contributed by atoms with Crippen molar-refractivity contribution in [3.63, 3.8) is 0 Å². The number of alkyl halides is 6. The molecule has 10 nitrogen and oxygen atoms in total. The number of carboxylic acids is 2. The van der Waals surface area contributed by atoms with Gasteiger partial charge in [0, 0.05) is 38.1 Å². The fourth-order valence-electron chi connectivity index (χ4n) is 3.86. The number of nitrogens with zero attached hydrogens (tertiary/aromatic N) is 3. The maximum absolute atomic E-state index is 10.6. The molecule has 214 valence electrons. The minimum atomic E-state index is -5.08. The summed E-state index contributed by atoms with van der Waals surface area (Å²) in [5.41, 5.74) is 0. The molecule has 16 heteroatoms. The molecule has 1 saturated heterocycles. The van der Waals surface area contributed by atoms with E-state index in [-0.39, 0.29) is 12.2 Å². The number of morpholine rings is 1. The molecule has 38 heavy (non-hydrogen) atoms. The van der Waals surface area contributed by atoms with E-state index in [2.05, 4.69) is 10.00 Å². The summed E-state index contributed by atoms with van der Waals surface area (Å²) in [6.07, 6.45) is -1.03. The minimum absolute atomic E-state index is 0.193. The number of aryl methyl sites for hydroxylation is 1. The summed E-state index contributed by atoms with van der Waals surface area (Å²) < 4.78 is 83.1. The Morgan fingerprint density at radius 3 is 2.26 bits per heavy atom. The van der Waals surface area contributed by atoms with Crippen molar-refractivity contribution < 1.29 is 60.0 Å². The topological polar surface area (TPSA) is 127 Å². The van der Waals surface area contributed by atoms with Gasteiger partial charge in [-0.25, -0.2) is 9.59 Å². The molecule has 1 aliphatic heterocycles. The first-order valence-corrected chi connectivity index (χ1v) is 11.4. The average molecular weight is 559 g/mol. The van der Waals surface area contributed by atoms with Crippen molar-refractivity contribution in [2.45, 2.75) is 63.0 Å². The predicted octanol–water partition coefficient (Wildman–Crippen LogP) is 3.58. The van der Waals surface area contributed by atoms with Gasteiger partial charge >= 0.3 is 24.3 Å². The van der Waals surface area contributed by atoms with Gasteiger partial charge in [-0.15, -0.1) is 0 Å². The van der Waals surface area contributed by atoms with E-state index in [1.54, 1.807) is 6.26 Å². The molecule has 0 unspecified atom stereocenters. The van der Waals surface area contributed by atoms with Crippen molar-refractivity contribution in [3.05, 3.63) is 42.6 Å². The zero-order chi connectivity index (χ0) is 28.3. The van der Waals surface area contributed by atoms with Gasteiger partial charge in [0.25, 0.3) is 0 Å². The van der Waals surface area contributed by atoms with E-state index in [0.717, 1.165) is 57.9 Å². The number of carbonyl (C=O) groups is 2. The number of halogens is 6. The van der Waals surface area contributed by atoms with Crippen molar-refractivity contribution in [2.24, 2.45) is 0 Å². The number of aliphatic carboxylic acids is 2. The molecule has 0 radical (unpaired) electrons. The van der Waals surface area contributed by atoms with Gasteiger partial charge < -0.3 is 24.1 Å². The summed E-state index contributed by atoms with van der Waals surface area (Å²) in [6.45, 7) is 4.26. The molecule has 2 aromatic rings. The van der Waals surface area contributed by atoms with Crippen LogP contribution in [0.2, 0.25) is 0 Å². The molecule has 2 fully saturated rings. The van der Waals surface area contributed by atoms with Gasteiger partial charge in [0.05, 0.1) is 31.6 Å². The van der Waals surface area contributed by atoms with Crippen LogP contribution in [0.15, 0.2) is 41.3 Å². The monoisotopic (exact) mass is 559 g/mol. The minimum Gasteiger partial charge on any atom is -0.475 e. The average Bonchev–Trinajstić information content (AvgIpc) is 3.59. The Morgan fingerprint density at radius 1 is 1.08 bits per heavy atom. The SMILES string of the molecule is O=C(O)C(F)(F)F.O=C(O)C(F)(F)F.c1coc(CN2CCO[C@H]3[C@H](OCCCn4cccn4)CC[C@@H]32)c1. The Morgan fingerprint density at radius 2 is 1.74 bits per heavy atom. The van der Waals surface area contributed by atoms with Crippen LogP contribution in [0, 0.1) is 0 Å². The van der Waals surface area contributed by atoms with Crippen molar-refractivity contribution in [2.75, 3.05) is 19.8 Å². The van der Waals surface area contributed by atoms with E-state index >= 15 is 0 Å². The van der Waals surface area contributed by atoms with Gasteiger partial charge in [-0.3, -0.25) is 9.58 Å². The zero-order valence-electron chi connectivity index (χ0n) is 19.9. The molecular weight excluding hydrogens is 532 g/mol. The Bertz CT molecular complexity index is 943. The third-order valence-electron chi connectivity index (χ3n) is 5.50. The van der Waals surface area contributed by atoms with Crippen LogP contribution in [-0.2, 0) is 32.2 Å². The number of hydrogen-bond acceptors (Lipinski definition) is 7. The Kier molecular flexibility index (Phi) is 11.6. The Balaban J connectivity index is 0.000000301. The fourth-order valence-corrected chi connectivity index (χ4v) is 3.86. The van der Waals surface area contributed by atoms with Crippen LogP contribution in [0.1, 0.15) is 25.0 Å². The maximum Gasteiger partial charge on any atom is 0.490 e. The second-order valence-electron chi connectivity index (χ2n) is 8.17. The molecule has 2 aromatic heterocycles. The summed E-state index contributed by atoms with van der Waals surface area (Å²) >= 11 is 0. The van der Waals surface area contributed by atoms with Gasteiger partial charge in [-0.05, 0) is 37.5 Å². The number of furan rings is 1. The molecule has 4 rings (SSSR count). The highest BCUT2D eigenvalue weighted by molar-refractivity contribution is 5.73. The molecule has 1 aliphatic carbocycles. The molecule has 1 saturated carbocycles. The molecule has 3 heterocycles. The lowest BCUT2D eigenvalue weighted by Gasteiger charge is -2.38. The normalized spacial score (nSPS) is 21.5. The third-order valence-corrected chi connectivity index (χ3v) is 5.50. The van der Waals surface area contributed by atoms with E-state index in [4.69, 9.17) is 33.7 Å². The highest BCUT2D eigenvalue weighted by Crippen LogP contribution is 2.33. The van der Waals surface area contributed by atoms with Crippen LogP contribution >= 0.6 is 0 Å². The number of fused-ring (bicyclic) bond motifs is 1. The van der Waals surface area contributed by atoms with Gasteiger partial charge in [-0.1, -0.05) is 0 Å². The van der Waals surface area contributed by atoms with Gasteiger partial charge in [0.1, 0.15) is 5.76 Å². The summed E-state index contributed by atoms with van der Waals surface area (Å²) in [5.74, 6) is -4.49. The molecule has 0 spiro atoms. The molecule has 2 aliphatic rings. The van der Waals surface area contributed by atoms with Crippen LogP contribution in [-0.4, -0.2) is 87.2 Å². The van der Waals surface area contributed by atoms with Crippen molar-refractivity contribution >= 4 is 11.9 Å². The van der Waals surface area contributed by atoms with Crippen molar-refractivity contribution in [1.29, 1.82) is 0 Å². The first-order chi connectivity index (χ1) is 17.8. The predicted molar refractivity (Wildman–Crippen MR) is 116 cm³/mol.